The zero-order valence-electron chi connectivity index (χ0n) is 18.9. The second kappa shape index (κ2) is 8.37. The van der Waals surface area contributed by atoms with Gasteiger partial charge in [0.2, 0.25) is 0 Å². The average Bonchev–Trinajstić information content (AvgIpc) is 3.31. The molecule has 4 aromatic rings. The van der Waals surface area contributed by atoms with Crippen LogP contribution >= 0.6 is 12.2 Å². The zero-order chi connectivity index (χ0) is 23.1. The molecule has 2 aromatic carbocycles. The van der Waals surface area contributed by atoms with E-state index in [-0.39, 0.29) is 17.8 Å². The van der Waals surface area contributed by atoms with Crippen LogP contribution in [0, 0.1) is 20.8 Å². The zero-order valence-corrected chi connectivity index (χ0v) is 19.7. The summed E-state index contributed by atoms with van der Waals surface area (Å²) in [5, 5.41) is 14.0. The van der Waals surface area contributed by atoms with E-state index in [1.165, 1.54) is 11.1 Å². The van der Waals surface area contributed by atoms with Gasteiger partial charge in [0.1, 0.15) is 5.75 Å². The van der Waals surface area contributed by atoms with Crippen LogP contribution in [0.4, 0.5) is 5.69 Å². The summed E-state index contributed by atoms with van der Waals surface area (Å²) in [6.07, 6.45) is 1.82. The molecule has 2 aromatic heterocycles. The fourth-order valence-corrected chi connectivity index (χ4v) is 5.09. The standard InChI is InChI=1S/C27H26N4OS/c1-17-7-9-21(10-8-17)31-26(25(29-27(31)33)24-6-4-5-15-28-24)23-16-18(2)30(19(23)3)20-11-13-22(32)14-12-20/h4-16,25-26,32H,1-3H3,(H,29,33). The van der Waals surface area contributed by atoms with Crippen molar-refractivity contribution in [2.24, 2.45) is 0 Å². The monoisotopic (exact) mass is 454 g/mol. The fraction of sp³-hybridized carbons (Fsp3) is 0.185. The molecule has 0 spiro atoms. The Hall–Kier alpha value is -3.64. The van der Waals surface area contributed by atoms with E-state index in [9.17, 15) is 5.11 Å². The highest BCUT2D eigenvalue weighted by Crippen LogP contribution is 2.43. The van der Waals surface area contributed by atoms with Gasteiger partial charge in [-0.15, -0.1) is 0 Å². The topological polar surface area (TPSA) is 53.3 Å². The number of aromatic hydroxyl groups is 1. The van der Waals surface area contributed by atoms with Crippen molar-refractivity contribution in [1.29, 1.82) is 0 Å². The molecular formula is C27H26N4OS. The van der Waals surface area contributed by atoms with Crippen LogP contribution in [-0.4, -0.2) is 19.8 Å². The van der Waals surface area contributed by atoms with Crippen LogP contribution in [0.2, 0.25) is 0 Å². The third kappa shape index (κ3) is 3.76. The van der Waals surface area contributed by atoms with Gasteiger partial charge in [-0.25, -0.2) is 0 Å². The summed E-state index contributed by atoms with van der Waals surface area (Å²) in [5.74, 6) is 0.257. The minimum Gasteiger partial charge on any atom is -0.508 e. The van der Waals surface area contributed by atoms with Gasteiger partial charge in [-0.05, 0) is 93.1 Å². The number of nitrogens with zero attached hydrogens (tertiary/aromatic N) is 3. The largest absolute Gasteiger partial charge is 0.508 e. The number of benzene rings is 2. The molecule has 5 rings (SSSR count). The van der Waals surface area contributed by atoms with E-state index in [2.05, 4.69) is 70.9 Å². The third-order valence-corrected chi connectivity index (χ3v) is 6.62. The summed E-state index contributed by atoms with van der Waals surface area (Å²) in [4.78, 5) is 6.86. The molecule has 166 valence electrons. The number of aromatic nitrogens is 2. The van der Waals surface area contributed by atoms with Crippen molar-refractivity contribution < 1.29 is 5.11 Å². The SMILES string of the molecule is Cc1ccc(N2C(=S)NC(c3ccccn3)C2c2cc(C)n(-c3ccc(O)cc3)c2C)cc1. The van der Waals surface area contributed by atoms with Crippen molar-refractivity contribution in [3.8, 4) is 11.4 Å². The lowest BCUT2D eigenvalue weighted by atomic mass is 9.96. The van der Waals surface area contributed by atoms with Crippen LogP contribution in [0.15, 0.2) is 79.0 Å². The van der Waals surface area contributed by atoms with Gasteiger partial charge < -0.3 is 19.9 Å². The van der Waals surface area contributed by atoms with E-state index in [1.807, 2.05) is 36.5 Å². The van der Waals surface area contributed by atoms with Crippen LogP contribution < -0.4 is 10.2 Å². The van der Waals surface area contributed by atoms with Crippen LogP contribution in [0.5, 0.6) is 5.75 Å². The summed E-state index contributed by atoms with van der Waals surface area (Å²) in [5.41, 5.74) is 7.66. The maximum absolute atomic E-state index is 9.74. The average molecular weight is 455 g/mol. The van der Waals surface area contributed by atoms with Crippen molar-refractivity contribution in [2.75, 3.05) is 4.90 Å². The number of hydrogen-bond donors (Lipinski definition) is 2. The van der Waals surface area contributed by atoms with Gasteiger partial charge in [0, 0.05) is 29.0 Å². The Balaban J connectivity index is 1.67. The summed E-state index contributed by atoms with van der Waals surface area (Å²) in [6.45, 7) is 6.33. The molecule has 0 bridgehead atoms. The fourth-order valence-electron chi connectivity index (χ4n) is 4.74. The van der Waals surface area contributed by atoms with Gasteiger partial charge in [-0.3, -0.25) is 4.98 Å². The first-order chi connectivity index (χ1) is 15.9. The number of thiocarbonyl (C=S) groups is 1. The van der Waals surface area contributed by atoms with Gasteiger partial charge in [-0.2, -0.15) is 0 Å². The predicted octanol–water partition coefficient (Wildman–Crippen LogP) is 5.68. The minimum absolute atomic E-state index is 0.0628. The Morgan fingerprint density at radius 3 is 2.27 bits per heavy atom. The molecule has 0 radical (unpaired) electrons. The summed E-state index contributed by atoms with van der Waals surface area (Å²) >= 11 is 5.85. The lowest BCUT2D eigenvalue weighted by molar-refractivity contribution is 0.475. The first-order valence-electron chi connectivity index (χ1n) is 11.0. The number of hydrogen-bond acceptors (Lipinski definition) is 3. The summed E-state index contributed by atoms with van der Waals surface area (Å²) < 4.78 is 2.22. The predicted molar refractivity (Wildman–Crippen MR) is 136 cm³/mol. The molecular weight excluding hydrogens is 428 g/mol. The Kier molecular flexibility index (Phi) is 5.38. The Bertz CT molecular complexity index is 1300. The normalized spacial score (nSPS) is 17.9. The van der Waals surface area contributed by atoms with Crippen molar-refractivity contribution in [2.45, 2.75) is 32.9 Å². The van der Waals surface area contributed by atoms with Gasteiger partial charge in [-0.1, -0.05) is 23.8 Å². The molecule has 3 heterocycles. The maximum Gasteiger partial charge on any atom is 0.174 e. The van der Waals surface area contributed by atoms with Crippen molar-refractivity contribution in [3.63, 3.8) is 0 Å². The highest BCUT2D eigenvalue weighted by Gasteiger charge is 2.42. The number of nitrogens with one attached hydrogen (secondary N) is 1. The van der Waals surface area contributed by atoms with Crippen LogP contribution in [-0.2, 0) is 0 Å². The van der Waals surface area contributed by atoms with Gasteiger partial charge in [0.15, 0.2) is 5.11 Å². The van der Waals surface area contributed by atoms with Crippen LogP contribution in [0.1, 0.15) is 40.3 Å². The Morgan fingerprint density at radius 1 is 0.909 bits per heavy atom. The molecule has 0 aliphatic carbocycles. The molecule has 1 saturated heterocycles. The molecule has 1 aliphatic heterocycles. The van der Waals surface area contributed by atoms with E-state index in [1.54, 1.807) is 12.1 Å². The molecule has 1 fully saturated rings. The van der Waals surface area contributed by atoms with Gasteiger partial charge in [0.05, 0.1) is 17.8 Å². The molecule has 5 nitrogen and oxygen atoms in total. The maximum atomic E-state index is 9.74. The number of phenolic OH excluding ortho intramolecular Hbond substituents is 1. The number of aryl methyl sites for hydroxylation is 2. The number of anilines is 1. The second-order valence-corrected chi connectivity index (χ2v) is 8.90. The highest BCUT2D eigenvalue weighted by molar-refractivity contribution is 7.80. The number of rotatable bonds is 4. The smallest absolute Gasteiger partial charge is 0.174 e. The van der Waals surface area contributed by atoms with E-state index >= 15 is 0 Å². The molecule has 2 unspecified atom stereocenters. The lowest BCUT2D eigenvalue weighted by Gasteiger charge is -2.28. The van der Waals surface area contributed by atoms with Crippen molar-refractivity contribution in [3.05, 3.63) is 107 Å². The van der Waals surface area contributed by atoms with Crippen LogP contribution in [0.3, 0.4) is 0 Å². The first-order valence-corrected chi connectivity index (χ1v) is 11.4. The quantitative estimate of drug-likeness (QED) is 0.389. The van der Waals surface area contributed by atoms with E-state index in [0.29, 0.717) is 5.11 Å². The van der Waals surface area contributed by atoms with Crippen molar-refractivity contribution in [1.82, 2.24) is 14.9 Å². The lowest BCUT2D eigenvalue weighted by Crippen LogP contribution is -2.29. The third-order valence-electron chi connectivity index (χ3n) is 6.31. The van der Waals surface area contributed by atoms with E-state index in [0.717, 1.165) is 28.5 Å². The molecule has 2 atom stereocenters. The van der Waals surface area contributed by atoms with Crippen LogP contribution in [0.25, 0.3) is 5.69 Å². The molecule has 6 heteroatoms. The Labute approximate surface area is 199 Å². The van der Waals surface area contributed by atoms with Gasteiger partial charge >= 0.3 is 0 Å². The van der Waals surface area contributed by atoms with E-state index < -0.39 is 0 Å². The number of phenols is 1. The Morgan fingerprint density at radius 2 is 1.61 bits per heavy atom. The van der Waals surface area contributed by atoms with Gasteiger partial charge in [0.25, 0.3) is 0 Å². The summed E-state index contributed by atoms with van der Waals surface area (Å²) in [6, 6.07) is 23.8. The molecule has 0 saturated carbocycles. The van der Waals surface area contributed by atoms with E-state index in [4.69, 9.17) is 12.2 Å². The molecule has 33 heavy (non-hydrogen) atoms. The second-order valence-electron chi connectivity index (χ2n) is 8.51. The molecule has 0 amide bonds. The highest BCUT2D eigenvalue weighted by atomic mass is 32.1. The minimum atomic E-state index is -0.0891. The first kappa shape index (κ1) is 21.2. The molecule has 2 N–H and O–H groups in total. The summed E-state index contributed by atoms with van der Waals surface area (Å²) in [7, 11) is 0. The number of pyridine rings is 1. The molecule has 1 aliphatic rings. The van der Waals surface area contributed by atoms with Crippen molar-refractivity contribution >= 4 is 23.0 Å².